The van der Waals surface area contributed by atoms with E-state index in [1.54, 1.807) is 12.2 Å². The molecule has 12 heavy (non-hydrogen) atoms. The number of hydrogen-bond acceptors (Lipinski definition) is 2. The van der Waals surface area contributed by atoms with Crippen LogP contribution >= 0.6 is 0 Å². The Hall–Kier alpha value is -1.38. The van der Waals surface area contributed by atoms with E-state index in [2.05, 4.69) is 4.74 Å². The van der Waals surface area contributed by atoms with Crippen LogP contribution in [0.25, 0.3) is 0 Å². The molecular formula is C9H9FO2. The summed E-state index contributed by atoms with van der Waals surface area (Å²) in [6.07, 6.45) is 6.64. The van der Waals surface area contributed by atoms with Crippen LogP contribution in [0.5, 0.6) is 0 Å². The van der Waals surface area contributed by atoms with E-state index < -0.39 is 11.8 Å². The summed E-state index contributed by atoms with van der Waals surface area (Å²) < 4.78 is 17.4. The summed E-state index contributed by atoms with van der Waals surface area (Å²) in [5, 5.41) is 0. The van der Waals surface area contributed by atoms with E-state index in [1.807, 2.05) is 0 Å². The molecular weight excluding hydrogens is 159 g/mol. The van der Waals surface area contributed by atoms with Gasteiger partial charge >= 0.3 is 5.97 Å². The largest absolute Gasteiger partial charge is 0.465 e. The van der Waals surface area contributed by atoms with Crippen molar-refractivity contribution in [1.82, 2.24) is 0 Å². The topological polar surface area (TPSA) is 26.3 Å². The second kappa shape index (κ2) is 3.85. The van der Waals surface area contributed by atoms with E-state index in [0.29, 0.717) is 6.42 Å². The molecule has 2 nitrogen and oxygen atoms in total. The predicted molar refractivity (Wildman–Crippen MR) is 43.0 cm³/mol. The van der Waals surface area contributed by atoms with Crippen molar-refractivity contribution in [2.75, 3.05) is 7.11 Å². The Balaban J connectivity index is 2.92. The summed E-state index contributed by atoms with van der Waals surface area (Å²) in [5.74, 6) is -1.16. The van der Waals surface area contributed by atoms with Crippen molar-refractivity contribution in [2.24, 2.45) is 0 Å². The monoisotopic (exact) mass is 168 g/mol. The Morgan fingerprint density at radius 1 is 1.67 bits per heavy atom. The summed E-state index contributed by atoms with van der Waals surface area (Å²) in [4.78, 5) is 10.9. The van der Waals surface area contributed by atoms with Crippen LogP contribution < -0.4 is 0 Å². The summed E-state index contributed by atoms with van der Waals surface area (Å²) in [6, 6.07) is 0. The Morgan fingerprint density at radius 3 is 3.08 bits per heavy atom. The number of allylic oxidation sites excluding steroid dienone is 4. The maximum atomic E-state index is 13.0. The van der Waals surface area contributed by atoms with E-state index in [9.17, 15) is 9.18 Å². The van der Waals surface area contributed by atoms with Gasteiger partial charge in [0.2, 0.25) is 0 Å². The molecule has 0 aromatic heterocycles. The highest BCUT2D eigenvalue weighted by molar-refractivity contribution is 5.93. The molecule has 0 amide bonds. The highest BCUT2D eigenvalue weighted by atomic mass is 19.1. The molecule has 3 heteroatoms. The molecule has 1 aliphatic carbocycles. The standard InChI is InChI=1S/C9H9FO2/c1-12-9(11)7-5-3-2-4-6-8(7)10/h2-3,5-6H,4H2,1H3. The van der Waals surface area contributed by atoms with Gasteiger partial charge in [0.1, 0.15) is 5.83 Å². The van der Waals surface area contributed by atoms with Crippen LogP contribution in [0.3, 0.4) is 0 Å². The van der Waals surface area contributed by atoms with Gasteiger partial charge in [-0.3, -0.25) is 0 Å². The second-order valence-corrected chi connectivity index (χ2v) is 2.29. The number of hydrogen-bond donors (Lipinski definition) is 0. The summed E-state index contributed by atoms with van der Waals surface area (Å²) in [5.41, 5.74) is -0.0220. The molecule has 0 bridgehead atoms. The molecule has 1 rings (SSSR count). The van der Waals surface area contributed by atoms with Gasteiger partial charge in [-0.15, -0.1) is 0 Å². The summed E-state index contributed by atoms with van der Waals surface area (Å²) >= 11 is 0. The average Bonchev–Trinajstić information content (AvgIpc) is 2.28. The first kappa shape index (κ1) is 8.71. The summed E-state index contributed by atoms with van der Waals surface area (Å²) in [7, 11) is 1.23. The first-order valence-corrected chi connectivity index (χ1v) is 3.57. The number of halogens is 1. The van der Waals surface area contributed by atoms with Crippen molar-refractivity contribution in [2.45, 2.75) is 6.42 Å². The average molecular weight is 168 g/mol. The minimum atomic E-state index is -0.643. The van der Waals surface area contributed by atoms with E-state index in [4.69, 9.17) is 0 Å². The molecule has 0 radical (unpaired) electrons. The minimum absolute atomic E-state index is 0.0220. The zero-order valence-electron chi connectivity index (χ0n) is 6.71. The fraction of sp³-hybridized carbons (Fsp3) is 0.222. The molecule has 0 saturated heterocycles. The van der Waals surface area contributed by atoms with Crippen LogP contribution in [0.1, 0.15) is 6.42 Å². The van der Waals surface area contributed by atoms with E-state index >= 15 is 0 Å². The van der Waals surface area contributed by atoms with Crippen molar-refractivity contribution in [3.8, 4) is 0 Å². The number of rotatable bonds is 1. The van der Waals surface area contributed by atoms with Crippen molar-refractivity contribution in [3.05, 3.63) is 35.7 Å². The van der Waals surface area contributed by atoms with Gasteiger partial charge in [-0.25, -0.2) is 9.18 Å². The van der Waals surface area contributed by atoms with Gasteiger partial charge in [0.25, 0.3) is 0 Å². The molecule has 0 atom stereocenters. The van der Waals surface area contributed by atoms with Gasteiger partial charge in [-0.2, -0.15) is 0 Å². The van der Waals surface area contributed by atoms with Gasteiger partial charge in [-0.05, 0) is 18.6 Å². The molecule has 64 valence electrons. The number of methoxy groups -OCH3 is 1. The number of carbonyl (C=O) groups excluding carboxylic acids is 1. The third-order valence-corrected chi connectivity index (χ3v) is 1.49. The lowest BCUT2D eigenvalue weighted by Crippen LogP contribution is -2.04. The molecule has 0 heterocycles. The normalized spacial score (nSPS) is 16.2. The third-order valence-electron chi connectivity index (χ3n) is 1.49. The Morgan fingerprint density at radius 2 is 2.42 bits per heavy atom. The molecule has 0 N–H and O–H groups in total. The zero-order valence-corrected chi connectivity index (χ0v) is 6.71. The highest BCUT2D eigenvalue weighted by Gasteiger charge is 2.14. The number of ether oxygens (including phenoxy) is 1. The second-order valence-electron chi connectivity index (χ2n) is 2.29. The molecule has 0 aromatic rings. The summed E-state index contributed by atoms with van der Waals surface area (Å²) in [6.45, 7) is 0. The smallest absolute Gasteiger partial charge is 0.340 e. The quantitative estimate of drug-likeness (QED) is 0.559. The van der Waals surface area contributed by atoms with Gasteiger partial charge in [0.05, 0.1) is 12.7 Å². The van der Waals surface area contributed by atoms with Crippen LogP contribution in [0.2, 0.25) is 0 Å². The molecule has 0 aromatic carbocycles. The van der Waals surface area contributed by atoms with Crippen LogP contribution in [-0.2, 0) is 9.53 Å². The molecule has 0 aliphatic heterocycles. The van der Waals surface area contributed by atoms with Crippen LogP contribution in [0.15, 0.2) is 35.7 Å². The van der Waals surface area contributed by atoms with Gasteiger partial charge in [0.15, 0.2) is 0 Å². The molecule has 0 unspecified atom stereocenters. The van der Waals surface area contributed by atoms with E-state index in [-0.39, 0.29) is 5.57 Å². The van der Waals surface area contributed by atoms with E-state index in [0.717, 1.165) is 0 Å². The van der Waals surface area contributed by atoms with Crippen molar-refractivity contribution < 1.29 is 13.9 Å². The van der Waals surface area contributed by atoms with Crippen LogP contribution in [-0.4, -0.2) is 13.1 Å². The van der Waals surface area contributed by atoms with Crippen molar-refractivity contribution in [1.29, 1.82) is 0 Å². The van der Waals surface area contributed by atoms with Crippen LogP contribution in [0.4, 0.5) is 4.39 Å². The van der Waals surface area contributed by atoms with Gasteiger partial charge < -0.3 is 4.74 Å². The fourth-order valence-electron chi connectivity index (χ4n) is 0.879. The van der Waals surface area contributed by atoms with E-state index in [1.165, 1.54) is 19.3 Å². The maximum absolute atomic E-state index is 13.0. The lowest BCUT2D eigenvalue weighted by Gasteiger charge is -1.99. The minimum Gasteiger partial charge on any atom is -0.465 e. The molecule has 0 fully saturated rings. The Bertz CT molecular complexity index is 274. The molecule has 1 aliphatic rings. The zero-order chi connectivity index (χ0) is 8.97. The Kier molecular flexibility index (Phi) is 2.80. The molecule has 0 saturated carbocycles. The lowest BCUT2D eigenvalue weighted by molar-refractivity contribution is -0.135. The first-order valence-electron chi connectivity index (χ1n) is 3.57. The maximum Gasteiger partial charge on any atom is 0.340 e. The van der Waals surface area contributed by atoms with Gasteiger partial charge in [-0.1, -0.05) is 12.2 Å². The van der Waals surface area contributed by atoms with Crippen molar-refractivity contribution >= 4 is 5.97 Å². The van der Waals surface area contributed by atoms with Crippen LogP contribution in [0, 0.1) is 0 Å². The third kappa shape index (κ3) is 1.81. The first-order chi connectivity index (χ1) is 5.75. The SMILES string of the molecule is COC(=O)C1=CC=CCC=C1F. The van der Waals surface area contributed by atoms with Crippen molar-refractivity contribution in [3.63, 3.8) is 0 Å². The predicted octanol–water partition coefficient (Wildman–Crippen LogP) is 1.90. The fourth-order valence-corrected chi connectivity index (χ4v) is 0.879. The highest BCUT2D eigenvalue weighted by Crippen LogP contribution is 2.16. The number of carbonyl (C=O) groups is 1. The lowest BCUT2D eigenvalue weighted by atomic mass is 10.2. The number of esters is 1. The molecule has 0 spiro atoms. The van der Waals surface area contributed by atoms with Gasteiger partial charge in [0, 0.05) is 0 Å². The Labute approximate surface area is 70.0 Å².